The van der Waals surface area contributed by atoms with Crippen LogP contribution in [-0.2, 0) is 0 Å². The number of thiazole rings is 1. The lowest BCUT2D eigenvalue weighted by Crippen LogP contribution is -2.28. The Labute approximate surface area is 148 Å². The van der Waals surface area contributed by atoms with Crippen LogP contribution in [0.25, 0.3) is 10.8 Å². The number of aromatic nitrogens is 3. The minimum Gasteiger partial charge on any atom is -0.497 e. The molecule has 1 amide bonds. The molecule has 8 heteroatoms. The van der Waals surface area contributed by atoms with Crippen LogP contribution in [0.5, 0.6) is 11.5 Å². The fourth-order valence-corrected chi connectivity index (χ4v) is 2.75. The molecule has 1 N–H and O–H groups in total. The predicted molar refractivity (Wildman–Crippen MR) is 94.0 cm³/mol. The summed E-state index contributed by atoms with van der Waals surface area (Å²) in [5.41, 5.74) is 0.342. The Kier molecular flexibility index (Phi) is 5.53. The number of amides is 1. The molecule has 0 bridgehead atoms. The Bertz CT molecular complexity index is 839. The number of methoxy groups -OCH3 is 1. The molecule has 1 aromatic carbocycles. The van der Waals surface area contributed by atoms with Crippen LogP contribution in [0.1, 0.15) is 10.5 Å². The van der Waals surface area contributed by atoms with E-state index in [4.69, 9.17) is 9.47 Å². The van der Waals surface area contributed by atoms with Gasteiger partial charge in [-0.25, -0.2) is 15.0 Å². The van der Waals surface area contributed by atoms with E-state index >= 15 is 0 Å². The molecule has 3 rings (SSSR count). The lowest BCUT2D eigenvalue weighted by molar-refractivity contribution is 0.0942. The van der Waals surface area contributed by atoms with Gasteiger partial charge in [0, 0.05) is 23.8 Å². The first kappa shape index (κ1) is 16.8. The van der Waals surface area contributed by atoms with E-state index in [0.717, 1.165) is 5.75 Å². The lowest BCUT2D eigenvalue weighted by Gasteiger charge is -2.08. The number of nitrogens with one attached hydrogen (secondary N) is 1. The van der Waals surface area contributed by atoms with Crippen molar-refractivity contribution >= 4 is 17.2 Å². The van der Waals surface area contributed by atoms with Gasteiger partial charge in [0.15, 0.2) is 10.8 Å². The van der Waals surface area contributed by atoms with E-state index in [-0.39, 0.29) is 5.91 Å². The van der Waals surface area contributed by atoms with Gasteiger partial charge in [0.05, 0.1) is 13.7 Å². The summed E-state index contributed by atoms with van der Waals surface area (Å²) >= 11 is 1.33. The molecule has 7 nitrogen and oxygen atoms in total. The molecule has 0 aliphatic carbocycles. The molecule has 3 aromatic rings. The van der Waals surface area contributed by atoms with Crippen LogP contribution in [0.4, 0.5) is 0 Å². The van der Waals surface area contributed by atoms with Gasteiger partial charge in [0.2, 0.25) is 0 Å². The van der Waals surface area contributed by atoms with Gasteiger partial charge in [-0.1, -0.05) is 6.07 Å². The number of carbonyl (C=O) groups excluding carboxylic acids is 1. The molecule has 0 aliphatic heterocycles. The zero-order valence-corrected chi connectivity index (χ0v) is 14.3. The highest BCUT2D eigenvalue weighted by Gasteiger charge is 2.12. The number of rotatable bonds is 7. The normalized spacial score (nSPS) is 10.3. The molecule has 0 saturated heterocycles. The number of benzene rings is 1. The maximum absolute atomic E-state index is 12.1. The van der Waals surface area contributed by atoms with Crippen molar-refractivity contribution in [2.24, 2.45) is 0 Å². The van der Waals surface area contributed by atoms with Gasteiger partial charge < -0.3 is 14.8 Å². The second-order valence-corrected chi connectivity index (χ2v) is 5.75. The predicted octanol–water partition coefficient (Wildman–Crippen LogP) is 2.42. The van der Waals surface area contributed by atoms with E-state index < -0.39 is 0 Å². The van der Waals surface area contributed by atoms with Crippen LogP contribution in [0, 0.1) is 0 Å². The van der Waals surface area contributed by atoms with Crippen LogP contribution in [0.15, 0.2) is 48.1 Å². The third-order valence-electron chi connectivity index (χ3n) is 3.19. The zero-order chi connectivity index (χ0) is 17.5. The minimum absolute atomic E-state index is 0.257. The summed E-state index contributed by atoms with van der Waals surface area (Å²) in [6.45, 7) is 0.711. The molecule has 0 spiro atoms. The zero-order valence-electron chi connectivity index (χ0n) is 13.5. The van der Waals surface area contributed by atoms with Crippen LogP contribution < -0.4 is 14.8 Å². The van der Waals surface area contributed by atoms with Crippen LogP contribution >= 0.6 is 11.3 Å². The van der Waals surface area contributed by atoms with E-state index in [0.29, 0.717) is 35.4 Å². The average Bonchev–Trinajstić information content (AvgIpc) is 3.16. The Morgan fingerprint density at radius 2 is 2.00 bits per heavy atom. The van der Waals surface area contributed by atoms with Gasteiger partial charge in [-0.2, -0.15) is 0 Å². The Balaban J connectivity index is 1.49. The quantitative estimate of drug-likeness (QED) is 0.654. The summed E-state index contributed by atoms with van der Waals surface area (Å²) in [7, 11) is 1.60. The van der Waals surface area contributed by atoms with Gasteiger partial charge in [0.1, 0.15) is 23.8 Å². The summed E-state index contributed by atoms with van der Waals surface area (Å²) in [5.74, 6) is 1.66. The van der Waals surface area contributed by atoms with Crippen LogP contribution in [0.3, 0.4) is 0 Å². The summed E-state index contributed by atoms with van der Waals surface area (Å²) in [5, 5.41) is 5.06. The highest BCUT2D eigenvalue weighted by Crippen LogP contribution is 2.20. The largest absolute Gasteiger partial charge is 0.497 e. The Morgan fingerprint density at radius 1 is 1.20 bits per heavy atom. The molecule has 25 heavy (non-hydrogen) atoms. The molecule has 0 radical (unpaired) electrons. The minimum atomic E-state index is -0.257. The standard InChI is InChI=1S/C17H16N4O3S/c1-23-12-4-2-5-13(10-12)24-9-8-20-16(22)14-11-25-17(21-14)15-18-6-3-7-19-15/h2-7,10-11H,8-9H2,1H3,(H,20,22). The smallest absolute Gasteiger partial charge is 0.270 e. The fourth-order valence-electron chi connectivity index (χ4n) is 2.01. The summed E-state index contributed by atoms with van der Waals surface area (Å²) < 4.78 is 10.7. The summed E-state index contributed by atoms with van der Waals surface area (Å²) in [6, 6.07) is 9.03. The molecule has 0 fully saturated rings. The van der Waals surface area contributed by atoms with Gasteiger partial charge in [-0.15, -0.1) is 11.3 Å². The van der Waals surface area contributed by atoms with Gasteiger partial charge in [-0.3, -0.25) is 4.79 Å². The van der Waals surface area contributed by atoms with Crippen LogP contribution in [-0.4, -0.2) is 41.1 Å². The number of nitrogens with zero attached hydrogens (tertiary/aromatic N) is 3. The average molecular weight is 356 g/mol. The van der Waals surface area contributed by atoms with E-state index in [9.17, 15) is 4.79 Å². The lowest BCUT2D eigenvalue weighted by atomic mass is 10.3. The monoisotopic (exact) mass is 356 g/mol. The maximum atomic E-state index is 12.1. The topological polar surface area (TPSA) is 86.2 Å². The molecular formula is C17H16N4O3S. The first-order valence-corrected chi connectivity index (χ1v) is 8.42. The number of ether oxygens (including phenoxy) is 2. The van der Waals surface area contributed by atoms with E-state index in [1.165, 1.54) is 11.3 Å². The molecule has 0 unspecified atom stereocenters. The summed E-state index contributed by atoms with van der Waals surface area (Å²) in [4.78, 5) is 24.6. The van der Waals surface area contributed by atoms with E-state index in [1.807, 2.05) is 18.2 Å². The van der Waals surface area contributed by atoms with Crippen molar-refractivity contribution in [2.75, 3.05) is 20.3 Å². The van der Waals surface area contributed by atoms with Gasteiger partial charge in [0.25, 0.3) is 5.91 Å². The molecular weight excluding hydrogens is 340 g/mol. The number of hydrogen-bond donors (Lipinski definition) is 1. The van der Waals surface area contributed by atoms with Gasteiger partial charge in [-0.05, 0) is 18.2 Å². The van der Waals surface area contributed by atoms with Crippen LogP contribution in [0.2, 0.25) is 0 Å². The van der Waals surface area contributed by atoms with Crippen molar-refractivity contribution in [3.63, 3.8) is 0 Å². The Morgan fingerprint density at radius 3 is 2.80 bits per heavy atom. The highest BCUT2D eigenvalue weighted by molar-refractivity contribution is 7.13. The first-order valence-electron chi connectivity index (χ1n) is 7.54. The highest BCUT2D eigenvalue weighted by atomic mass is 32.1. The maximum Gasteiger partial charge on any atom is 0.270 e. The molecule has 0 atom stereocenters. The van der Waals surface area contributed by atoms with Crippen molar-refractivity contribution in [1.82, 2.24) is 20.3 Å². The van der Waals surface area contributed by atoms with Crippen molar-refractivity contribution in [2.45, 2.75) is 0 Å². The second kappa shape index (κ2) is 8.20. The van der Waals surface area contributed by atoms with Gasteiger partial charge >= 0.3 is 0 Å². The van der Waals surface area contributed by atoms with Crippen molar-refractivity contribution in [3.8, 4) is 22.3 Å². The third-order valence-corrected chi connectivity index (χ3v) is 4.03. The van der Waals surface area contributed by atoms with E-state index in [1.54, 1.807) is 37.0 Å². The summed E-state index contributed by atoms with van der Waals surface area (Å²) in [6.07, 6.45) is 3.28. The second-order valence-electron chi connectivity index (χ2n) is 4.89. The number of hydrogen-bond acceptors (Lipinski definition) is 7. The SMILES string of the molecule is COc1cccc(OCCNC(=O)c2csc(-c3ncccn3)n2)c1. The molecule has 2 heterocycles. The van der Waals surface area contributed by atoms with Crippen molar-refractivity contribution in [3.05, 3.63) is 53.8 Å². The fraction of sp³-hybridized carbons (Fsp3) is 0.176. The van der Waals surface area contributed by atoms with Crippen molar-refractivity contribution < 1.29 is 14.3 Å². The van der Waals surface area contributed by atoms with E-state index in [2.05, 4.69) is 20.3 Å². The molecule has 0 saturated carbocycles. The molecule has 0 aliphatic rings. The third kappa shape index (κ3) is 4.51. The van der Waals surface area contributed by atoms with Crippen molar-refractivity contribution in [1.29, 1.82) is 0 Å². The number of carbonyl (C=O) groups is 1. The molecule has 128 valence electrons. The first-order chi connectivity index (χ1) is 12.3. The Hall–Kier alpha value is -3.00. The molecule has 2 aromatic heterocycles.